The van der Waals surface area contributed by atoms with Crippen LogP contribution in [0.25, 0.3) is 6.08 Å². The number of hydrogen-bond acceptors (Lipinski definition) is 4. The third-order valence-corrected chi connectivity index (χ3v) is 3.72. The van der Waals surface area contributed by atoms with Gasteiger partial charge in [0.05, 0.1) is 4.92 Å². The van der Waals surface area contributed by atoms with Gasteiger partial charge in [-0.3, -0.25) is 14.9 Å². The van der Waals surface area contributed by atoms with E-state index in [9.17, 15) is 20.2 Å². The number of halogens is 1. The molecular formula is C18H14ClN3O3. The molecule has 0 radical (unpaired) electrons. The molecule has 0 fully saturated rings. The van der Waals surface area contributed by atoms with Crippen LogP contribution in [-0.2, 0) is 11.2 Å². The first-order chi connectivity index (χ1) is 11.9. The molecule has 126 valence electrons. The number of rotatable bonds is 5. The lowest BCUT2D eigenvalue weighted by molar-refractivity contribution is -0.385. The number of aryl methyl sites for hydroxylation is 1. The minimum atomic E-state index is -0.605. The second kappa shape index (κ2) is 8.08. The summed E-state index contributed by atoms with van der Waals surface area (Å²) in [6.45, 7) is 1.82. The van der Waals surface area contributed by atoms with Crippen molar-refractivity contribution in [3.63, 3.8) is 0 Å². The summed E-state index contributed by atoms with van der Waals surface area (Å²) in [5, 5.41) is 23.4. The number of anilines is 1. The maximum Gasteiger partial charge on any atom is 0.273 e. The summed E-state index contributed by atoms with van der Waals surface area (Å²) in [5.74, 6) is -0.605. The average molecular weight is 356 g/mol. The Kier molecular flexibility index (Phi) is 5.88. The average Bonchev–Trinajstić information content (AvgIpc) is 2.61. The third kappa shape index (κ3) is 4.66. The van der Waals surface area contributed by atoms with Gasteiger partial charge < -0.3 is 5.32 Å². The van der Waals surface area contributed by atoms with Crippen molar-refractivity contribution in [3.05, 3.63) is 74.3 Å². The lowest BCUT2D eigenvalue weighted by Crippen LogP contribution is -2.13. The quantitative estimate of drug-likeness (QED) is 0.373. The van der Waals surface area contributed by atoms with Gasteiger partial charge in [0.2, 0.25) is 0 Å². The van der Waals surface area contributed by atoms with Gasteiger partial charge in [0.1, 0.15) is 11.6 Å². The third-order valence-electron chi connectivity index (χ3n) is 3.47. The summed E-state index contributed by atoms with van der Waals surface area (Å²) >= 11 is 5.78. The van der Waals surface area contributed by atoms with Crippen molar-refractivity contribution < 1.29 is 9.72 Å². The van der Waals surface area contributed by atoms with Crippen LogP contribution >= 0.6 is 11.6 Å². The smallest absolute Gasteiger partial charge is 0.273 e. The van der Waals surface area contributed by atoms with Crippen molar-refractivity contribution in [1.82, 2.24) is 0 Å². The molecule has 1 amide bonds. The Morgan fingerprint density at radius 1 is 1.32 bits per heavy atom. The van der Waals surface area contributed by atoms with Gasteiger partial charge in [-0.15, -0.1) is 0 Å². The Morgan fingerprint density at radius 3 is 2.56 bits per heavy atom. The van der Waals surface area contributed by atoms with Crippen LogP contribution < -0.4 is 5.32 Å². The summed E-state index contributed by atoms with van der Waals surface area (Å²) in [7, 11) is 0. The van der Waals surface area contributed by atoms with Gasteiger partial charge in [0, 0.05) is 22.3 Å². The molecule has 0 aliphatic heterocycles. The van der Waals surface area contributed by atoms with Gasteiger partial charge in [-0.1, -0.05) is 30.7 Å². The zero-order chi connectivity index (χ0) is 18.4. The number of nitro benzene ring substituents is 1. The van der Waals surface area contributed by atoms with Crippen molar-refractivity contribution >= 4 is 35.0 Å². The fourth-order valence-corrected chi connectivity index (χ4v) is 2.31. The summed E-state index contributed by atoms with van der Waals surface area (Å²) in [4.78, 5) is 22.9. The number of carbonyl (C=O) groups is 1. The topological polar surface area (TPSA) is 96.0 Å². The molecule has 0 bridgehead atoms. The minimum absolute atomic E-state index is 0.0355. The monoisotopic (exact) mass is 355 g/mol. The predicted molar refractivity (Wildman–Crippen MR) is 96.1 cm³/mol. The molecule has 0 saturated heterocycles. The van der Waals surface area contributed by atoms with Gasteiger partial charge in [0.15, 0.2) is 0 Å². The first-order valence-corrected chi connectivity index (χ1v) is 7.78. The Labute approximate surface area is 149 Å². The number of nitrogens with one attached hydrogen (secondary N) is 1. The highest BCUT2D eigenvalue weighted by molar-refractivity contribution is 6.30. The standard InChI is InChI=1S/C18H14ClN3O3/c1-2-13-4-3-12(10-17(13)22(24)25)9-14(11-20)18(23)21-16-7-5-15(19)6-8-16/h3-10H,2H2,1H3,(H,21,23)/b14-9+. The Hall–Kier alpha value is -3.17. The zero-order valence-electron chi connectivity index (χ0n) is 13.3. The molecule has 0 aromatic heterocycles. The largest absolute Gasteiger partial charge is 0.321 e. The number of nitriles is 1. The summed E-state index contributed by atoms with van der Waals surface area (Å²) in [6.07, 6.45) is 1.83. The van der Waals surface area contributed by atoms with Gasteiger partial charge >= 0.3 is 0 Å². The molecule has 0 spiro atoms. The van der Waals surface area contributed by atoms with Crippen LogP contribution in [0.4, 0.5) is 11.4 Å². The number of hydrogen-bond donors (Lipinski definition) is 1. The van der Waals surface area contributed by atoms with E-state index in [4.69, 9.17) is 11.6 Å². The highest BCUT2D eigenvalue weighted by Crippen LogP contribution is 2.22. The number of nitro groups is 1. The van der Waals surface area contributed by atoms with Gasteiger partial charge in [-0.05, 0) is 42.3 Å². The number of benzene rings is 2. The SMILES string of the molecule is CCc1ccc(/C=C(\C#N)C(=O)Nc2ccc(Cl)cc2)cc1[N+](=O)[O-]. The highest BCUT2D eigenvalue weighted by atomic mass is 35.5. The molecule has 25 heavy (non-hydrogen) atoms. The van der Waals surface area contributed by atoms with Gasteiger partial charge in [0.25, 0.3) is 11.6 Å². The number of carbonyl (C=O) groups excluding carboxylic acids is 1. The van der Waals surface area contributed by atoms with E-state index in [-0.39, 0.29) is 11.3 Å². The molecule has 0 aliphatic carbocycles. The van der Waals surface area contributed by atoms with E-state index in [2.05, 4.69) is 5.32 Å². The summed E-state index contributed by atoms with van der Waals surface area (Å²) in [6, 6.07) is 12.9. The fourth-order valence-electron chi connectivity index (χ4n) is 2.19. The second-order valence-electron chi connectivity index (χ2n) is 5.13. The summed E-state index contributed by atoms with van der Waals surface area (Å²) in [5.41, 5.74) is 1.29. The van der Waals surface area contributed by atoms with Crippen LogP contribution in [0.2, 0.25) is 5.02 Å². The molecule has 2 aromatic carbocycles. The number of amides is 1. The second-order valence-corrected chi connectivity index (χ2v) is 5.57. The lowest BCUT2D eigenvalue weighted by atomic mass is 10.0. The van der Waals surface area contributed by atoms with Crippen molar-refractivity contribution in [1.29, 1.82) is 5.26 Å². The Balaban J connectivity index is 2.29. The number of nitrogens with zero attached hydrogens (tertiary/aromatic N) is 2. The molecule has 1 N–H and O–H groups in total. The van der Waals surface area contributed by atoms with Crippen molar-refractivity contribution in [2.24, 2.45) is 0 Å². The molecule has 0 saturated carbocycles. The van der Waals surface area contributed by atoms with Crippen LogP contribution in [0.3, 0.4) is 0 Å². The van der Waals surface area contributed by atoms with Crippen LogP contribution in [0, 0.1) is 21.4 Å². The molecule has 2 aromatic rings. The van der Waals surface area contributed by atoms with Crippen molar-refractivity contribution in [2.75, 3.05) is 5.32 Å². The summed E-state index contributed by atoms with van der Waals surface area (Å²) < 4.78 is 0. The van der Waals surface area contributed by atoms with Gasteiger partial charge in [-0.2, -0.15) is 5.26 Å². The normalized spacial score (nSPS) is 10.8. The van der Waals surface area contributed by atoms with Crippen LogP contribution in [0.15, 0.2) is 48.0 Å². The van der Waals surface area contributed by atoms with Crippen molar-refractivity contribution in [2.45, 2.75) is 13.3 Å². The molecule has 0 atom stereocenters. The maximum atomic E-state index is 12.2. The van der Waals surface area contributed by atoms with E-state index in [0.717, 1.165) is 0 Å². The van der Waals surface area contributed by atoms with E-state index in [0.29, 0.717) is 28.3 Å². The molecular weight excluding hydrogens is 342 g/mol. The maximum absolute atomic E-state index is 12.2. The zero-order valence-corrected chi connectivity index (χ0v) is 14.1. The lowest BCUT2D eigenvalue weighted by Gasteiger charge is -2.05. The Bertz CT molecular complexity index is 883. The highest BCUT2D eigenvalue weighted by Gasteiger charge is 2.14. The van der Waals surface area contributed by atoms with Crippen LogP contribution in [0.1, 0.15) is 18.1 Å². The van der Waals surface area contributed by atoms with Crippen LogP contribution in [-0.4, -0.2) is 10.8 Å². The van der Waals surface area contributed by atoms with E-state index in [1.165, 1.54) is 12.1 Å². The molecule has 0 unspecified atom stereocenters. The first-order valence-electron chi connectivity index (χ1n) is 7.40. The van der Waals surface area contributed by atoms with Crippen molar-refractivity contribution in [3.8, 4) is 6.07 Å². The van der Waals surface area contributed by atoms with Gasteiger partial charge in [-0.25, -0.2) is 0 Å². The fraction of sp³-hybridized carbons (Fsp3) is 0.111. The van der Waals surface area contributed by atoms with E-state index >= 15 is 0 Å². The van der Waals surface area contributed by atoms with E-state index in [1.54, 1.807) is 36.4 Å². The minimum Gasteiger partial charge on any atom is -0.321 e. The predicted octanol–water partition coefficient (Wildman–Crippen LogP) is 4.36. The molecule has 0 heterocycles. The molecule has 2 rings (SSSR count). The van der Waals surface area contributed by atoms with E-state index < -0.39 is 10.8 Å². The van der Waals surface area contributed by atoms with Crippen LogP contribution in [0.5, 0.6) is 0 Å². The molecule has 7 heteroatoms. The van der Waals surface area contributed by atoms with E-state index in [1.807, 2.05) is 13.0 Å². The molecule has 6 nitrogen and oxygen atoms in total. The molecule has 0 aliphatic rings. The first kappa shape index (κ1) is 18.2. The Morgan fingerprint density at radius 2 is 2.00 bits per heavy atom.